The van der Waals surface area contributed by atoms with Crippen LogP contribution in [-0.4, -0.2) is 43.4 Å². The Labute approximate surface area is 102 Å². The smallest absolute Gasteiger partial charge is 0.119 e. The van der Waals surface area contributed by atoms with Crippen LogP contribution in [0, 0.1) is 11.3 Å². The van der Waals surface area contributed by atoms with Gasteiger partial charge in [0.05, 0.1) is 19.1 Å². The van der Waals surface area contributed by atoms with Gasteiger partial charge in [-0.3, -0.25) is 0 Å². The zero-order valence-corrected chi connectivity index (χ0v) is 10.1. The number of aliphatic hydroxyl groups excluding tert-OH is 1. The van der Waals surface area contributed by atoms with E-state index < -0.39 is 0 Å². The van der Waals surface area contributed by atoms with Crippen molar-refractivity contribution in [3.8, 4) is 11.8 Å². The summed E-state index contributed by atoms with van der Waals surface area (Å²) in [6, 6.07) is 9.65. The monoisotopic (exact) mass is 234 g/mol. The van der Waals surface area contributed by atoms with Crippen LogP contribution in [0.15, 0.2) is 24.3 Å². The molecule has 0 aliphatic heterocycles. The Bertz CT molecular complexity index is 357. The summed E-state index contributed by atoms with van der Waals surface area (Å²) in [7, 11) is 1.94. The molecule has 1 aromatic carbocycles. The van der Waals surface area contributed by atoms with E-state index in [4.69, 9.17) is 15.1 Å². The summed E-state index contributed by atoms with van der Waals surface area (Å²) in [5.74, 6) is 0.809. The van der Waals surface area contributed by atoms with Gasteiger partial charge in [0.1, 0.15) is 12.4 Å². The number of nitrogens with zero attached hydrogens (tertiary/aromatic N) is 2. The minimum Gasteiger partial charge on any atom is -0.492 e. The van der Waals surface area contributed by atoms with E-state index in [0.29, 0.717) is 19.6 Å². The van der Waals surface area contributed by atoms with Gasteiger partial charge < -0.3 is 14.7 Å². The Morgan fingerprint density at radius 2 is 2.00 bits per heavy atom. The van der Waals surface area contributed by atoms with Gasteiger partial charge >= 0.3 is 0 Å². The third-order valence-corrected chi connectivity index (χ3v) is 2.43. The average molecular weight is 234 g/mol. The van der Waals surface area contributed by atoms with E-state index in [2.05, 4.69) is 6.07 Å². The molecule has 0 bridgehead atoms. The molecule has 92 valence electrons. The second-order valence-corrected chi connectivity index (χ2v) is 3.85. The van der Waals surface area contributed by atoms with Crippen molar-refractivity contribution >= 4 is 0 Å². The zero-order valence-electron chi connectivity index (χ0n) is 10.1. The Morgan fingerprint density at radius 3 is 2.59 bits per heavy atom. The molecule has 1 aromatic rings. The van der Waals surface area contributed by atoms with E-state index >= 15 is 0 Å². The van der Waals surface area contributed by atoms with Gasteiger partial charge in [0.15, 0.2) is 0 Å². The molecule has 0 aromatic heterocycles. The predicted octanol–water partition coefficient (Wildman–Crippen LogP) is 1.06. The highest BCUT2D eigenvalue weighted by Gasteiger charge is 1.98. The molecular formula is C13H18N2O2. The Hall–Kier alpha value is -1.57. The molecule has 0 atom stereocenters. The normalized spacial score (nSPS) is 10.2. The molecule has 0 amide bonds. The summed E-state index contributed by atoms with van der Waals surface area (Å²) in [5.41, 5.74) is 0.997. The van der Waals surface area contributed by atoms with Crippen molar-refractivity contribution in [2.45, 2.75) is 6.42 Å². The number of ether oxygens (including phenoxy) is 1. The van der Waals surface area contributed by atoms with E-state index in [-0.39, 0.29) is 6.61 Å². The fourth-order valence-corrected chi connectivity index (χ4v) is 1.40. The molecule has 0 unspecified atom stereocenters. The van der Waals surface area contributed by atoms with Crippen LogP contribution in [-0.2, 0) is 6.42 Å². The first-order chi connectivity index (χ1) is 8.26. The van der Waals surface area contributed by atoms with E-state index in [1.54, 1.807) is 0 Å². The zero-order chi connectivity index (χ0) is 12.5. The molecule has 0 saturated heterocycles. The molecule has 0 fully saturated rings. The number of hydrogen-bond donors (Lipinski definition) is 1. The van der Waals surface area contributed by atoms with Crippen molar-refractivity contribution < 1.29 is 9.84 Å². The molecule has 0 saturated carbocycles. The lowest BCUT2D eigenvalue weighted by Crippen LogP contribution is -2.27. The van der Waals surface area contributed by atoms with E-state index in [1.165, 1.54) is 0 Å². The SMILES string of the molecule is CN(CCO)CCOc1ccc(CC#N)cc1. The van der Waals surface area contributed by atoms with Crippen molar-refractivity contribution in [3.63, 3.8) is 0 Å². The summed E-state index contributed by atoms with van der Waals surface area (Å²) in [6.45, 7) is 2.19. The molecule has 4 heteroatoms. The number of hydrogen-bond acceptors (Lipinski definition) is 4. The van der Waals surface area contributed by atoms with Crippen molar-refractivity contribution in [1.29, 1.82) is 5.26 Å². The van der Waals surface area contributed by atoms with E-state index in [0.717, 1.165) is 17.9 Å². The first kappa shape index (κ1) is 13.5. The highest BCUT2D eigenvalue weighted by molar-refractivity contribution is 5.28. The summed E-state index contributed by atoms with van der Waals surface area (Å²) >= 11 is 0. The molecule has 17 heavy (non-hydrogen) atoms. The Morgan fingerprint density at radius 1 is 1.29 bits per heavy atom. The highest BCUT2D eigenvalue weighted by atomic mass is 16.5. The Balaban J connectivity index is 2.30. The molecule has 1 rings (SSSR count). The fraction of sp³-hybridized carbons (Fsp3) is 0.462. The molecule has 0 spiro atoms. The van der Waals surface area contributed by atoms with Gasteiger partial charge in [0, 0.05) is 13.1 Å². The van der Waals surface area contributed by atoms with Crippen LogP contribution in [0.2, 0.25) is 0 Å². The molecular weight excluding hydrogens is 216 g/mol. The fourth-order valence-electron chi connectivity index (χ4n) is 1.40. The number of aliphatic hydroxyl groups is 1. The lowest BCUT2D eigenvalue weighted by Gasteiger charge is -2.15. The maximum Gasteiger partial charge on any atom is 0.119 e. The number of likely N-dealkylation sites (N-methyl/N-ethyl adjacent to an activating group) is 1. The summed E-state index contributed by atoms with van der Waals surface area (Å²) < 4.78 is 5.55. The van der Waals surface area contributed by atoms with Crippen LogP contribution in [0.4, 0.5) is 0 Å². The first-order valence-corrected chi connectivity index (χ1v) is 5.64. The van der Waals surface area contributed by atoms with Crippen molar-refractivity contribution in [3.05, 3.63) is 29.8 Å². The number of rotatable bonds is 7. The van der Waals surface area contributed by atoms with Crippen molar-refractivity contribution in [1.82, 2.24) is 4.90 Å². The summed E-state index contributed by atoms with van der Waals surface area (Å²) in [5, 5.41) is 17.3. The lowest BCUT2D eigenvalue weighted by molar-refractivity contribution is 0.192. The summed E-state index contributed by atoms with van der Waals surface area (Å²) in [4.78, 5) is 2.00. The quantitative estimate of drug-likeness (QED) is 0.766. The third kappa shape index (κ3) is 5.34. The summed E-state index contributed by atoms with van der Waals surface area (Å²) in [6.07, 6.45) is 0.430. The van der Waals surface area contributed by atoms with Crippen molar-refractivity contribution in [2.75, 3.05) is 33.4 Å². The highest BCUT2D eigenvalue weighted by Crippen LogP contribution is 2.12. The van der Waals surface area contributed by atoms with Crippen LogP contribution >= 0.6 is 0 Å². The number of nitriles is 1. The molecule has 0 aliphatic carbocycles. The third-order valence-electron chi connectivity index (χ3n) is 2.43. The maximum absolute atomic E-state index is 8.73. The predicted molar refractivity (Wildman–Crippen MR) is 65.8 cm³/mol. The molecule has 0 radical (unpaired) electrons. The second-order valence-electron chi connectivity index (χ2n) is 3.85. The van der Waals surface area contributed by atoms with Gasteiger partial charge in [-0.15, -0.1) is 0 Å². The van der Waals surface area contributed by atoms with Crippen LogP contribution in [0.1, 0.15) is 5.56 Å². The first-order valence-electron chi connectivity index (χ1n) is 5.64. The standard InChI is InChI=1S/C13H18N2O2/c1-15(8-10-16)9-11-17-13-4-2-12(3-5-13)6-7-14/h2-5,16H,6,8-11H2,1H3. The van der Waals surface area contributed by atoms with Gasteiger partial charge in [-0.05, 0) is 24.7 Å². The maximum atomic E-state index is 8.73. The van der Waals surface area contributed by atoms with Gasteiger partial charge in [-0.25, -0.2) is 0 Å². The second kappa shape index (κ2) is 7.66. The Kier molecular flexibility index (Phi) is 6.08. The minimum absolute atomic E-state index is 0.166. The lowest BCUT2D eigenvalue weighted by atomic mass is 10.2. The number of benzene rings is 1. The van der Waals surface area contributed by atoms with Gasteiger partial charge in [0.2, 0.25) is 0 Å². The van der Waals surface area contributed by atoms with Crippen LogP contribution in [0.5, 0.6) is 5.75 Å². The van der Waals surface area contributed by atoms with Gasteiger partial charge in [0.25, 0.3) is 0 Å². The van der Waals surface area contributed by atoms with E-state index in [1.807, 2.05) is 36.2 Å². The molecule has 4 nitrogen and oxygen atoms in total. The largest absolute Gasteiger partial charge is 0.492 e. The molecule has 0 aliphatic rings. The average Bonchev–Trinajstić information content (AvgIpc) is 2.32. The topological polar surface area (TPSA) is 56.5 Å². The van der Waals surface area contributed by atoms with Crippen molar-refractivity contribution in [2.24, 2.45) is 0 Å². The van der Waals surface area contributed by atoms with Crippen LogP contribution < -0.4 is 4.74 Å². The molecule has 1 N–H and O–H groups in total. The van der Waals surface area contributed by atoms with Crippen LogP contribution in [0.25, 0.3) is 0 Å². The van der Waals surface area contributed by atoms with Crippen LogP contribution in [0.3, 0.4) is 0 Å². The van der Waals surface area contributed by atoms with Gasteiger partial charge in [-0.1, -0.05) is 12.1 Å². The van der Waals surface area contributed by atoms with E-state index in [9.17, 15) is 0 Å². The van der Waals surface area contributed by atoms with Gasteiger partial charge in [-0.2, -0.15) is 5.26 Å². The molecule has 0 heterocycles. The minimum atomic E-state index is 0.166.